The fourth-order valence-electron chi connectivity index (χ4n) is 1.39. The monoisotopic (exact) mass is 244 g/mol. The van der Waals surface area contributed by atoms with Gasteiger partial charge >= 0.3 is 0 Å². The standard InChI is InChI=1S/C10H8N6S/c11-8-9(13-5-4-12-8)17-10-15-14-7-3-1-2-6-16(7)10/h1-6H,(H2,11,12). The van der Waals surface area contributed by atoms with Crippen molar-refractivity contribution in [3.63, 3.8) is 0 Å². The minimum atomic E-state index is 0.394. The molecule has 7 heteroatoms. The first-order valence-corrected chi connectivity index (χ1v) is 5.70. The number of hydrogen-bond acceptors (Lipinski definition) is 6. The number of rotatable bonds is 2. The van der Waals surface area contributed by atoms with Crippen LogP contribution in [0.5, 0.6) is 0 Å². The van der Waals surface area contributed by atoms with Crippen molar-refractivity contribution in [2.24, 2.45) is 0 Å². The Morgan fingerprint density at radius 3 is 2.88 bits per heavy atom. The van der Waals surface area contributed by atoms with E-state index in [1.54, 1.807) is 12.4 Å². The molecule has 3 heterocycles. The quantitative estimate of drug-likeness (QED) is 0.730. The van der Waals surface area contributed by atoms with E-state index >= 15 is 0 Å². The normalized spacial score (nSPS) is 10.8. The number of nitrogen functional groups attached to an aromatic ring is 1. The highest BCUT2D eigenvalue weighted by Crippen LogP contribution is 2.27. The van der Waals surface area contributed by atoms with Gasteiger partial charge in [0, 0.05) is 18.6 Å². The van der Waals surface area contributed by atoms with Gasteiger partial charge in [0.25, 0.3) is 0 Å². The van der Waals surface area contributed by atoms with E-state index in [9.17, 15) is 0 Å². The Morgan fingerprint density at radius 1 is 1.12 bits per heavy atom. The maximum Gasteiger partial charge on any atom is 0.202 e. The molecule has 3 aromatic heterocycles. The number of nitrogens with two attached hydrogens (primary N) is 1. The van der Waals surface area contributed by atoms with Gasteiger partial charge in [-0.2, -0.15) is 0 Å². The molecular weight excluding hydrogens is 236 g/mol. The molecule has 0 saturated heterocycles. The second-order valence-corrected chi connectivity index (χ2v) is 4.22. The summed E-state index contributed by atoms with van der Waals surface area (Å²) in [6.45, 7) is 0. The Balaban J connectivity index is 2.03. The highest BCUT2D eigenvalue weighted by atomic mass is 32.2. The van der Waals surface area contributed by atoms with Gasteiger partial charge in [-0.15, -0.1) is 10.2 Å². The van der Waals surface area contributed by atoms with Gasteiger partial charge in [0.05, 0.1) is 0 Å². The lowest BCUT2D eigenvalue weighted by Crippen LogP contribution is -1.95. The molecule has 84 valence electrons. The number of nitrogens with zero attached hydrogens (tertiary/aromatic N) is 5. The maximum absolute atomic E-state index is 5.73. The molecule has 0 aliphatic rings. The summed E-state index contributed by atoms with van der Waals surface area (Å²) in [5.74, 6) is 0.394. The van der Waals surface area contributed by atoms with Crippen LogP contribution in [0.3, 0.4) is 0 Å². The molecule has 0 aliphatic heterocycles. The van der Waals surface area contributed by atoms with Crippen LogP contribution in [0.15, 0.2) is 47.0 Å². The van der Waals surface area contributed by atoms with E-state index in [1.165, 1.54) is 11.8 Å². The van der Waals surface area contributed by atoms with Gasteiger partial charge in [-0.1, -0.05) is 6.07 Å². The molecule has 6 nitrogen and oxygen atoms in total. The SMILES string of the molecule is Nc1nccnc1Sc1nnc2ccccn12. The van der Waals surface area contributed by atoms with Crippen molar-refractivity contribution in [1.82, 2.24) is 24.6 Å². The average Bonchev–Trinajstić information content (AvgIpc) is 2.76. The van der Waals surface area contributed by atoms with Gasteiger partial charge in [0.2, 0.25) is 5.16 Å². The van der Waals surface area contributed by atoms with Gasteiger partial charge in [-0.05, 0) is 23.9 Å². The summed E-state index contributed by atoms with van der Waals surface area (Å²) in [5.41, 5.74) is 6.52. The number of aromatic nitrogens is 5. The van der Waals surface area contributed by atoms with Crippen LogP contribution < -0.4 is 5.73 Å². The Hall–Kier alpha value is -2.15. The third-order valence-corrected chi connectivity index (χ3v) is 3.13. The summed E-state index contributed by atoms with van der Waals surface area (Å²) >= 11 is 1.34. The van der Waals surface area contributed by atoms with Crippen molar-refractivity contribution in [3.05, 3.63) is 36.8 Å². The second kappa shape index (κ2) is 4.02. The molecule has 0 spiro atoms. The Kier molecular flexibility index (Phi) is 2.37. The van der Waals surface area contributed by atoms with Crippen LogP contribution in [0, 0.1) is 0 Å². The summed E-state index contributed by atoms with van der Waals surface area (Å²) in [7, 11) is 0. The van der Waals surface area contributed by atoms with Crippen molar-refractivity contribution in [2.75, 3.05) is 5.73 Å². The summed E-state index contributed by atoms with van der Waals surface area (Å²) < 4.78 is 1.87. The molecule has 0 aromatic carbocycles. The predicted octanol–water partition coefficient (Wildman–Crippen LogP) is 1.25. The molecule has 0 aliphatic carbocycles. The van der Waals surface area contributed by atoms with Crippen LogP contribution in [0.1, 0.15) is 0 Å². The smallest absolute Gasteiger partial charge is 0.202 e. The van der Waals surface area contributed by atoms with Crippen LogP contribution in [0.2, 0.25) is 0 Å². The highest BCUT2D eigenvalue weighted by Gasteiger charge is 2.09. The highest BCUT2D eigenvalue weighted by molar-refractivity contribution is 7.99. The van der Waals surface area contributed by atoms with Gasteiger partial charge in [0.1, 0.15) is 5.03 Å². The van der Waals surface area contributed by atoms with Crippen LogP contribution in [0.4, 0.5) is 5.82 Å². The summed E-state index contributed by atoms with van der Waals surface area (Å²) in [6.07, 6.45) is 5.05. The molecule has 0 radical (unpaired) electrons. The Labute approximate surface area is 101 Å². The lowest BCUT2D eigenvalue weighted by atomic mass is 10.5. The van der Waals surface area contributed by atoms with Gasteiger partial charge in [-0.3, -0.25) is 4.40 Å². The number of hydrogen-bond donors (Lipinski definition) is 1. The van der Waals surface area contributed by atoms with Crippen LogP contribution in [0.25, 0.3) is 5.65 Å². The van der Waals surface area contributed by atoms with E-state index in [1.807, 2.05) is 28.8 Å². The number of pyridine rings is 1. The molecule has 3 rings (SSSR count). The van der Waals surface area contributed by atoms with Crippen molar-refractivity contribution < 1.29 is 0 Å². The first kappa shape index (κ1) is 10.0. The van der Waals surface area contributed by atoms with E-state index in [0.717, 1.165) is 5.65 Å². The zero-order valence-electron chi connectivity index (χ0n) is 8.69. The average molecular weight is 244 g/mol. The van der Waals surface area contributed by atoms with Crippen molar-refractivity contribution in [2.45, 2.75) is 10.2 Å². The van der Waals surface area contributed by atoms with Crippen molar-refractivity contribution in [1.29, 1.82) is 0 Å². The van der Waals surface area contributed by atoms with Crippen molar-refractivity contribution >= 4 is 23.2 Å². The first-order chi connectivity index (χ1) is 8.34. The fourth-order valence-corrected chi connectivity index (χ4v) is 2.17. The van der Waals surface area contributed by atoms with Gasteiger partial charge < -0.3 is 5.73 Å². The molecule has 2 N–H and O–H groups in total. The predicted molar refractivity (Wildman–Crippen MR) is 63.6 cm³/mol. The Morgan fingerprint density at radius 2 is 2.00 bits per heavy atom. The number of fused-ring (bicyclic) bond motifs is 1. The van der Waals surface area contributed by atoms with E-state index < -0.39 is 0 Å². The zero-order chi connectivity index (χ0) is 11.7. The topological polar surface area (TPSA) is 82.0 Å². The molecule has 17 heavy (non-hydrogen) atoms. The first-order valence-electron chi connectivity index (χ1n) is 4.89. The van der Waals surface area contributed by atoms with Gasteiger partial charge in [0.15, 0.2) is 11.5 Å². The minimum Gasteiger partial charge on any atom is -0.381 e. The molecule has 0 atom stereocenters. The zero-order valence-corrected chi connectivity index (χ0v) is 9.50. The molecular formula is C10H8N6S. The molecule has 0 fully saturated rings. The minimum absolute atomic E-state index is 0.394. The third kappa shape index (κ3) is 1.80. The molecule has 0 saturated carbocycles. The van der Waals surface area contributed by atoms with E-state index in [2.05, 4.69) is 20.2 Å². The largest absolute Gasteiger partial charge is 0.381 e. The summed E-state index contributed by atoms with van der Waals surface area (Å²) in [6, 6.07) is 5.71. The maximum atomic E-state index is 5.73. The second-order valence-electron chi connectivity index (χ2n) is 3.26. The third-order valence-electron chi connectivity index (χ3n) is 2.16. The Bertz CT molecular complexity index is 664. The van der Waals surface area contributed by atoms with E-state index in [-0.39, 0.29) is 0 Å². The van der Waals surface area contributed by atoms with Crippen LogP contribution in [-0.4, -0.2) is 24.6 Å². The lowest BCUT2D eigenvalue weighted by molar-refractivity contribution is 0.915. The molecule has 0 bridgehead atoms. The molecule has 0 unspecified atom stereocenters. The summed E-state index contributed by atoms with van der Waals surface area (Å²) in [4.78, 5) is 8.13. The lowest BCUT2D eigenvalue weighted by Gasteiger charge is -2.00. The van der Waals surface area contributed by atoms with Crippen LogP contribution in [-0.2, 0) is 0 Å². The summed E-state index contributed by atoms with van der Waals surface area (Å²) in [5, 5.41) is 9.48. The van der Waals surface area contributed by atoms with Crippen molar-refractivity contribution in [3.8, 4) is 0 Å². The fraction of sp³-hybridized carbons (Fsp3) is 0. The molecule has 0 amide bonds. The number of anilines is 1. The van der Waals surface area contributed by atoms with E-state index in [0.29, 0.717) is 16.0 Å². The molecule has 3 aromatic rings. The van der Waals surface area contributed by atoms with Crippen LogP contribution >= 0.6 is 11.8 Å². The van der Waals surface area contributed by atoms with E-state index in [4.69, 9.17) is 5.73 Å². The van der Waals surface area contributed by atoms with Gasteiger partial charge in [-0.25, -0.2) is 9.97 Å².